The second-order valence-electron chi connectivity index (χ2n) is 8.25. The van der Waals surface area contributed by atoms with Gasteiger partial charge in [0.15, 0.2) is 0 Å². The number of rotatable bonds is 4. The van der Waals surface area contributed by atoms with Gasteiger partial charge in [0.2, 0.25) is 11.8 Å². The average molecular weight is 389 g/mol. The van der Waals surface area contributed by atoms with Gasteiger partial charge in [0.05, 0.1) is 6.04 Å². The van der Waals surface area contributed by atoms with Gasteiger partial charge in [-0.25, -0.2) is 4.79 Å². The fourth-order valence-corrected chi connectivity index (χ4v) is 5.06. The molecular formula is C19H27N5O4. The van der Waals surface area contributed by atoms with Crippen LogP contribution in [0.4, 0.5) is 0 Å². The summed E-state index contributed by atoms with van der Waals surface area (Å²) >= 11 is 0. The number of aromatic amines is 1. The maximum absolute atomic E-state index is 12.6. The van der Waals surface area contributed by atoms with Crippen LogP contribution >= 0.6 is 0 Å². The zero-order chi connectivity index (χ0) is 19.8. The number of fused-ring (bicyclic) bond motifs is 4. The zero-order valence-corrected chi connectivity index (χ0v) is 16.1. The predicted molar refractivity (Wildman–Crippen MR) is 102 cm³/mol. The van der Waals surface area contributed by atoms with E-state index in [4.69, 9.17) is 0 Å². The van der Waals surface area contributed by atoms with E-state index in [2.05, 4.69) is 15.6 Å². The van der Waals surface area contributed by atoms with Gasteiger partial charge in [-0.2, -0.15) is 0 Å². The monoisotopic (exact) mass is 389 g/mol. The smallest absolute Gasteiger partial charge is 0.328 e. The lowest BCUT2D eigenvalue weighted by Gasteiger charge is -2.54. The van der Waals surface area contributed by atoms with Crippen LogP contribution in [0.15, 0.2) is 15.8 Å². The highest BCUT2D eigenvalue weighted by atomic mass is 16.2. The minimum Gasteiger partial charge on any atom is -0.352 e. The lowest BCUT2D eigenvalue weighted by atomic mass is 9.72. The third-order valence-corrected chi connectivity index (χ3v) is 6.41. The maximum atomic E-state index is 12.6. The lowest BCUT2D eigenvalue weighted by Crippen LogP contribution is -2.66. The molecule has 0 unspecified atom stereocenters. The van der Waals surface area contributed by atoms with Crippen molar-refractivity contribution >= 4 is 11.8 Å². The molecule has 1 aromatic heterocycles. The van der Waals surface area contributed by atoms with E-state index < -0.39 is 11.2 Å². The Morgan fingerprint density at radius 2 is 2.04 bits per heavy atom. The van der Waals surface area contributed by atoms with Crippen molar-refractivity contribution in [2.75, 3.05) is 19.6 Å². The summed E-state index contributed by atoms with van der Waals surface area (Å²) in [5, 5.41) is 6.39. The van der Waals surface area contributed by atoms with E-state index in [9.17, 15) is 19.2 Å². The Balaban J connectivity index is 1.45. The van der Waals surface area contributed by atoms with Crippen molar-refractivity contribution in [3.8, 4) is 0 Å². The number of hydrogen-bond donors (Lipinski definition) is 3. The molecule has 4 heterocycles. The second-order valence-corrected chi connectivity index (χ2v) is 8.25. The third kappa shape index (κ3) is 3.50. The Kier molecular flexibility index (Phi) is 5.09. The molecule has 9 nitrogen and oxygen atoms in total. The molecule has 3 N–H and O–H groups in total. The molecule has 1 aromatic rings. The molecule has 3 saturated heterocycles. The number of carbonyl (C=O) groups is 2. The lowest BCUT2D eigenvalue weighted by molar-refractivity contribution is -0.149. The van der Waals surface area contributed by atoms with Gasteiger partial charge in [-0.3, -0.25) is 23.9 Å². The summed E-state index contributed by atoms with van der Waals surface area (Å²) in [4.78, 5) is 52.6. The first-order chi connectivity index (χ1) is 13.4. The van der Waals surface area contributed by atoms with Crippen molar-refractivity contribution in [3.63, 3.8) is 0 Å². The number of H-pyrrole nitrogens is 1. The molecule has 2 amide bonds. The number of aromatic nitrogens is 2. The Labute approximate surface area is 162 Å². The van der Waals surface area contributed by atoms with Crippen LogP contribution < -0.4 is 21.9 Å². The van der Waals surface area contributed by atoms with Crippen LogP contribution in [0.2, 0.25) is 0 Å². The highest BCUT2D eigenvalue weighted by molar-refractivity contribution is 5.78. The second kappa shape index (κ2) is 7.54. The quantitative estimate of drug-likeness (QED) is 0.608. The molecule has 3 fully saturated rings. The molecule has 2 bridgehead atoms. The van der Waals surface area contributed by atoms with Gasteiger partial charge in [0.25, 0.3) is 5.56 Å². The fraction of sp³-hybridized carbons (Fsp3) is 0.684. The highest BCUT2D eigenvalue weighted by Crippen LogP contribution is 2.39. The summed E-state index contributed by atoms with van der Waals surface area (Å²) in [5.41, 5.74) is -0.673. The van der Waals surface area contributed by atoms with Gasteiger partial charge < -0.3 is 15.5 Å². The molecule has 4 atom stereocenters. The first-order valence-corrected chi connectivity index (χ1v) is 10.0. The number of amides is 2. The van der Waals surface area contributed by atoms with Crippen LogP contribution in [0.25, 0.3) is 0 Å². The molecular weight excluding hydrogens is 362 g/mol. The standard InChI is InChI=1S/C19H27N5O4/c1-11-9-23(19(28)22-18(11)27)10-16(25)21-8-15-13-5-12(6-20-7-13)14-3-2-4-17(26)24(14)15/h9,12-15,20H,2-8,10H2,1H3,(H,21,25)(H,22,27,28)/t12-,13+,14+,15+/m1/s1. The van der Waals surface area contributed by atoms with Crippen LogP contribution in [0.5, 0.6) is 0 Å². The molecule has 152 valence electrons. The number of aryl methyl sites for hydroxylation is 1. The summed E-state index contributed by atoms with van der Waals surface area (Å²) in [5.74, 6) is 0.716. The molecule has 0 aliphatic carbocycles. The number of piperidine rings is 3. The maximum Gasteiger partial charge on any atom is 0.328 e. The van der Waals surface area contributed by atoms with Gasteiger partial charge in [-0.05, 0) is 44.6 Å². The molecule has 0 radical (unpaired) electrons. The van der Waals surface area contributed by atoms with E-state index in [1.807, 2.05) is 4.90 Å². The Hall–Kier alpha value is -2.42. The number of carbonyl (C=O) groups excluding carboxylic acids is 2. The normalized spacial score (nSPS) is 29.3. The van der Waals surface area contributed by atoms with Crippen LogP contribution in [-0.2, 0) is 16.1 Å². The molecule has 28 heavy (non-hydrogen) atoms. The van der Waals surface area contributed by atoms with Crippen molar-refractivity contribution < 1.29 is 9.59 Å². The largest absolute Gasteiger partial charge is 0.352 e. The molecule has 0 spiro atoms. The van der Waals surface area contributed by atoms with Crippen LogP contribution in [0.3, 0.4) is 0 Å². The first kappa shape index (κ1) is 18.9. The van der Waals surface area contributed by atoms with Gasteiger partial charge in [0.1, 0.15) is 6.54 Å². The summed E-state index contributed by atoms with van der Waals surface area (Å²) in [6.45, 7) is 3.62. The van der Waals surface area contributed by atoms with Crippen molar-refractivity contribution in [3.05, 3.63) is 32.6 Å². The molecule has 3 aliphatic rings. The minimum atomic E-state index is -0.603. The van der Waals surface area contributed by atoms with Crippen molar-refractivity contribution in [1.82, 2.24) is 25.1 Å². The van der Waals surface area contributed by atoms with Crippen LogP contribution in [-0.4, -0.2) is 58.0 Å². The van der Waals surface area contributed by atoms with Crippen LogP contribution in [0.1, 0.15) is 31.2 Å². The summed E-state index contributed by atoms with van der Waals surface area (Å²) in [7, 11) is 0. The van der Waals surface area contributed by atoms with Gasteiger partial charge in [0, 0.05) is 37.3 Å². The Bertz CT molecular complexity index is 891. The minimum absolute atomic E-state index is 0.0140. The topological polar surface area (TPSA) is 116 Å². The van der Waals surface area contributed by atoms with E-state index in [1.54, 1.807) is 6.92 Å². The molecule has 4 rings (SSSR count). The first-order valence-electron chi connectivity index (χ1n) is 10.0. The zero-order valence-electron chi connectivity index (χ0n) is 16.1. The molecule has 0 aromatic carbocycles. The van der Waals surface area contributed by atoms with Crippen LogP contribution in [0, 0.1) is 18.8 Å². The van der Waals surface area contributed by atoms with Crippen molar-refractivity contribution in [2.45, 2.75) is 51.2 Å². The fourth-order valence-electron chi connectivity index (χ4n) is 5.06. The van der Waals surface area contributed by atoms with E-state index >= 15 is 0 Å². The van der Waals surface area contributed by atoms with Gasteiger partial charge >= 0.3 is 5.69 Å². The SMILES string of the molecule is Cc1cn(CC(=O)NC[C@H]2[C@@H]3CNC[C@@H](C3)[C@@H]3CCCC(=O)N32)c(=O)[nH]c1=O. The molecule has 3 aliphatic heterocycles. The number of hydrogen-bond acceptors (Lipinski definition) is 5. The van der Waals surface area contributed by atoms with E-state index in [-0.39, 0.29) is 30.4 Å². The van der Waals surface area contributed by atoms with Crippen molar-refractivity contribution in [1.29, 1.82) is 0 Å². The third-order valence-electron chi connectivity index (χ3n) is 6.41. The Morgan fingerprint density at radius 3 is 2.86 bits per heavy atom. The summed E-state index contributed by atoms with van der Waals surface area (Å²) in [6.07, 6.45) is 5.03. The summed E-state index contributed by atoms with van der Waals surface area (Å²) in [6, 6.07) is 0.247. The van der Waals surface area contributed by atoms with Gasteiger partial charge in [-0.15, -0.1) is 0 Å². The average Bonchev–Trinajstić information content (AvgIpc) is 2.67. The highest BCUT2D eigenvalue weighted by Gasteiger charge is 2.47. The van der Waals surface area contributed by atoms with Crippen molar-refractivity contribution in [2.24, 2.45) is 11.8 Å². The number of nitrogens with one attached hydrogen (secondary N) is 3. The van der Waals surface area contributed by atoms with E-state index in [0.717, 1.165) is 32.4 Å². The predicted octanol–water partition coefficient (Wildman–Crippen LogP) is -1.05. The van der Waals surface area contributed by atoms with E-state index in [0.29, 0.717) is 30.4 Å². The number of nitrogens with zero attached hydrogens (tertiary/aromatic N) is 2. The molecule has 9 heteroatoms. The Morgan fingerprint density at radius 1 is 1.25 bits per heavy atom. The van der Waals surface area contributed by atoms with E-state index in [1.165, 1.54) is 10.8 Å². The summed E-state index contributed by atoms with van der Waals surface area (Å²) < 4.78 is 1.19. The molecule has 0 saturated carbocycles. The van der Waals surface area contributed by atoms with Gasteiger partial charge in [-0.1, -0.05) is 0 Å².